The number of hydrogen-bond donors (Lipinski definition) is 2. The summed E-state index contributed by atoms with van der Waals surface area (Å²) in [6.45, 7) is 5.41. The van der Waals surface area contributed by atoms with Crippen molar-refractivity contribution < 1.29 is 9.13 Å². The first-order valence-corrected chi connectivity index (χ1v) is 9.34. The second kappa shape index (κ2) is 8.10. The van der Waals surface area contributed by atoms with Crippen LogP contribution in [0.4, 0.5) is 15.9 Å². The molecule has 3 N–H and O–H groups in total. The Bertz CT molecular complexity index is 870. The molecule has 0 saturated carbocycles. The van der Waals surface area contributed by atoms with Crippen molar-refractivity contribution in [2.45, 2.75) is 32.4 Å². The van der Waals surface area contributed by atoms with Crippen molar-refractivity contribution in [2.24, 2.45) is 0 Å². The standard InChI is InChI=1S/C20H27FN6O/c1-12(2)28-18-7-14(16(22)8-15(18)21)20(23)17-9-19(25-11-24-17)27-6-5-13(10-27)26(3)4/h7-9,11-13,23H,5-6,10,22H2,1-4H3/t13-/m0/s1. The lowest BCUT2D eigenvalue weighted by molar-refractivity contribution is 0.231. The highest BCUT2D eigenvalue weighted by Gasteiger charge is 2.25. The van der Waals surface area contributed by atoms with E-state index in [9.17, 15) is 4.39 Å². The van der Waals surface area contributed by atoms with Gasteiger partial charge in [-0.15, -0.1) is 0 Å². The number of nitrogens with two attached hydrogens (primary N) is 1. The molecule has 0 radical (unpaired) electrons. The molecule has 2 heterocycles. The number of nitrogens with zero attached hydrogens (tertiary/aromatic N) is 4. The van der Waals surface area contributed by atoms with Crippen LogP contribution in [0.1, 0.15) is 31.5 Å². The summed E-state index contributed by atoms with van der Waals surface area (Å²) < 4.78 is 19.6. The van der Waals surface area contributed by atoms with Crippen LogP contribution in [0.25, 0.3) is 0 Å². The third-order valence-electron chi connectivity index (χ3n) is 4.86. The molecule has 0 aliphatic carbocycles. The zero-order valence-corrected chi connectivity index (χ0v) is 16.7. The van der Waals surface area contributed by atoms with E-state index in [4.69, 9.17) is 15.9 Å². The van der Waals surface area contributed by atoms with Gasteiger partial charge in [-0.3, -0.25) is 5.41 Å². The second-order valence-corrected chi connectivity index (χ2v) is 7.53. The minimum absolute atomic E-state index is 0.0756. The van der Waals surface area contributed by atoms with E-state index in [1.54, 1.807) is 6.07 Å². The second-order valence-electron chi connectivity index (χ2n) is 7.53. The third kappa shape index (κ3) is 4.22. The fourth-order valence-electron chi connectivity index (χ4n) is 3.30. The molecule has 2 aromatic rings. The van der Waals surface area contributed by atoms with Crippen LogP contribution in [0, 0.1) is 11.2 Å². The number of halogens is 1. The number of rotatable bonds is 6. The van der Waals surface area contributed by atoms with E-state index in [0.717, 1.165) is 25.3 Å². The van der Waals surface area contributed by atoms with Gasteiger partial charge in [0, 0.05) is 42.5 Å². The van der Waals surface area contributed by atoms with Crippen molar-refractivity contribution in [1.29, 1.82) is 5.41 Å². The maximum Gasteiger partial charge on any atom is 0.167 e. The molecule has 1 aromatic heterocycles. The zero-order valence-electron chi connectivity index (χ0n) is 16.7. The Morgan fingerprint density at radius 3 is 2.71 bits per heavy atom. The molecule has 150 valence electrons. The number of nitrogen functional groups attached to an aromatic ring is 1. The quantitative estimate of drug-likeness (QED) is 0.586. The summed E-state index contributed by atoms with van der Waals surface area (Å²) in [5.74, 6) is 0.308. The summed E-state index contributed by atoms with van der Waals surface area (Å²) in [5, 5.41) is 8.56. The maximum atomic E-state index is 14.1. The smallest absolute Gasteiger partial charge is 0.167 e. The molecule has 7 nitrogen and oxygen atoms in total. The molecule has 1 aromatic carbocycles. The predicted molar refractivity (Wildman–Crippen MR) is 109 cm³/mol. The molecule has 0 bridgehead atoms. The van der Waals surface area contributed by atoms with E-state index in [2.05, 4.69) is 33.9 Å². The lowest BCUT2D eigenvalue weighted by Gasteiger charge is -2.21. The van der Waals surface area contributed by atoms with E-state index in [1.165, 1.54) is 18.5 Å². The fraction of sp³-hybridized carbons (Fsp3) is 0.450. The summed E-state index contributed by atoms with van der Waals surface area (Å²) >= 11 is 0. The Balaban J connectivity index is 1.87. The normalized spacial score (nSPS) is 16.8. The van der Waals surface area contributed by atoms with Gasteiger partial charge in [0.25, 0.3) is 0 Å². The van der Waals surface area contributed by atoms with Gasteiger partial charge >= 0.3 is 0 Å². The summed E-state index contributed by atoms with van der Waals surface area (Å²) in [6.07, 6.45) is 2.32. The molecular formula is C20H27FN6O. The predicted octanol–water partition coefficient (Wildman–Crippen LogP) is 2.54. The SMILES string of the molecule is CC(C)Oc1cc(C(=N)c2cc(N3CC[C@H](N(C)C)C3)ncn2)c(N)cc1F. The van der Waals surface area contributed by atoms with Gasteiger partial charge in [0.1, 0.15) is 12.1 Å². The average Bonchev–Trinajstić information content (AvgIpc) is 3.14. The van der Waals surface area contributed by atoms with Gasteiger partial charge in [-0.1, -0.05) is 0 Å². The van der Waals surface area contributed by atoms with E-state index in [0.29, 0.717) is 17.3 Å². The molecule has 3 rings (SSSR count). The van der Waals surface area contributed by atoms with Gasteiger partial charge in [0.15, 0.2) is 11.6 Å². The van der Waals surface area contributed by atoms with E-state index < -0.39 is 5.82 Å². The first-order chi connectivity index (χ1) is 13.3. The molecule has 1 aliphatic rings. The summed E-state index contributed by atoms with van der Waals surface area (Å²) in [6, 6.07) is 4.91. The molecule has 28 heavy (non-hydrogen) atoms. The minimum Gasteiger partial charge on any atom is -0.488 e. The van der Waals surface area contributed by atoms with Crippen LogP contribution in [-0.4, -0.2) is 59.9 Å². The topological polar surface area (TPSA) is 91.4 Å². The number of hydrogen-bond acceptors (Lipinski definition) is 7. The molecule has 0 spiro atoms. The van der Waals surface area contributed by atoms with Crippen LogP contribution >= 0.6 is 0 Å². The lowest BCUT2D eigenvalue weighted by atomic mass is 10.0. The Morgan fingerprint density at radius 2 is 2.07 bits per heavy atom. The van der Waals surface area contributed by atoms with Crippen molar-refractivity contribution in [1.82, 2.24) is 14.9 Å². The average molecular weight is 386 g/mol. The third-order valence-corrected chi connectivity index (χ3v) is 4.86. The summed E-state index contributed by atoms with van der Waals surface area (Å²) in [7, 11) is 4.15. The molecule has 0 amide bonds. The Labute approximate surface area is 164 Å². The van der Waals surface area contributed by atoms with Gasteiger partial charge in [-0.05, 0) is 40.4 Å². The number of likely N-dealkylation sites (N-methyl/N-ethyl adjacent to an activating group) is 1. The minimum atomic E-state index is -0.544. The number of benzene rings is 1. The van der Waals surface area contributed by atoms with E-state index in [-0.39, 0.29) is 23.3 Å². The highest BCUT2D eigenvalue weighted by atomic mass is 19.1. The molecule has 1 atom stereocenters. The number of aromatic nitrogens is 2. The van der Waals surface area contributed by atoms with Gasteiger partial charge in [-0.25, -0.2) is 14.4 Å². The summed E-state index contributed by atoms with van der Waals surface area (Å²) in [5.41, 5.74) is 7.08. The Kier molecular flexibility index (Phi) is 5.79. The Morgan fingerprint density at radius 1 is 1.32 bits per heavy atom. The Hall–Kier alpha value is -2.74. The van der Waals surface area contributed by atoms with Crippen LogP contribution < -0.4 is 15.4 Å². The molecule has 8 heteroatoms. The van der Waals surface area contributed by atoms with Crippen molar-refractivity contribution in [3.8, 4) is 5.75 Å². The monoisotopic (exact) mass is 386 g/mol. The van der Waals surface area contributed by atoms with Crippen molar-refractivity contribution in [2.75, 3.05) is 37.8 Å². The van der Waals surface area contributed by atoms with Crippen LogP contribution in [0.15, 0.2) is 24.5 Å². The molecule has 1 aliphatic heterocycles. The first-order valence-electron chi connectivity index (χ1n) is 9.34. The van der Waals surface area contributed by atoms with Gasteiger partial charge in [0.05, 0.1) is 17.5 Å². The molecular weight excluding hydrogens is 359 g/mol. The highest BCUT2D eigenvalue weighted by molar-refractivity contribution is 6.13. The van der Waals surface area contributed by atoms with Gasteiger partial charge in [-0.2, -0.15) is 0 Å². The van der Waals surface area contributed by atoms with E-state index >= 15 is 0 Å². The highest BCUT2D eigenvalue weighted by Crippen LogP contribution is 2.27. The van der Waals surface area contributed by atoms with Gasteiger partial charge in [0.2, 0.25) is 0 Å². The van der Waals surface area contributed by atoms with Crippen molar-refractivity contribution in [3.63, 3.8) is 0 Å². The number of anilines is 2. The van der Waals surface area contributed by atoms with Crippen LogP contribution in [0.2, 0.25) is 0 Å². The van der Waals surface area contributed by atoms with Crippen LogP contribution in [0.3, 0.4) is 0 Å². The lowest BCUT2D eigenvalue weighted by Crippen LogP contribution is -2.31. The van der Waals surface area contributed by atoms with Crippen molar-refractivity contribution in [3.05, 3.63) is 41.6 Å². The summed E-state index contributed by atoms with van der Waals surface area (Å²) in [4.78, 5) is 13.0. The molecule has 0 unspecified atom stereocenters. The number of nitrogens with one attached hydrogen (secondary N) is 1. The van der Waals surface area contributed by atoms with Crippen LogP contribution in [0.5, 0.6) is 5.75 Å². The zero-order chi connectivity index (χ0) is 20.4. The first kappa shape index (κ1) is 20.0. The molecule has 1 fully saturated rings. The van der Waals surface area contributed by atoms with Gasteiger partial charge < -0.3 is 20.3 Å². The van der Waals surface area contributed by atoms with Crippen LogP contribution in [-0.2, 0) is 0 Å². The molecule has 1 saturated heterocycles. The maximum absolute atomic E-state index is 14.1. The number of ether oxygens (including phenoxy) is 1. The largest absolute Gasteiger partial charge is 0.488 e. The van der Waals surface area contributed by atoms with E-state index in [1.807, 2.05) is 13.8 Å². The van der Waals surface area contributed by atoms with Crippen molar-refractivity contribution >= 4 is 17.2 Å². The fourth-order valence-corrected chi connectivity index (χ4v) is 3.30.